The van der Waals surface area contributed by atoms with Crippen LogP contribution in [0.3, 0.4) is 0 Å². The third-order valence-corrected chi connectivity index (χ3v) is 8.20. The summed E-state index contributed by atoms with van der Waals surface area (Å²) in [4.78, 5) is 0. The molecule has 2 heteroatoms. The second kappa shape index (κ2) is 9.05. The first kappa shape index (κ1) is 19.4. The standard InChI is InChI=1S/C25H36F2/c26-24-16-15-23(17-25(24)27)22-13-11-21(12-14-22)20-9-7-19(8-10-20)6-5-18-3-1-2-4-18/h15-22H,1-14H2/t19-,20-,21-,22-. The van der Waals surface area contributed by atoms with Crippen molar-refractivity contribution in [1.29, 1.82) is 0 Å². The molecule has 0 amide bonds. The zero-order chi connectivity index (χ0) is 18.6. The van der Waals surface area contributed by atoms with E-state index in [0.29, 0.717) is 5.92 Å². The Morgan fingerprint density at radius 3 is 1.78 bits per heavy atom. The maximum Gasteiger partial charge on any atom is 0.159 e. The molecule has 0 aromatic heterocycles. The number of hydrogen-bond acceptors (Lipinski definition) is 0. The minimum Gasteiger partial charge on any atom is -0.204 e. The summed E-state index contributed by atoms with van der Waals surface area (Å²) in [6.45, 7) is 0. The lowest BCUT2D eigenvalue weighted by Crippen LogP contribution is -2.25. The predicted octanol–water partition coefficient (Wildman–Crippen LogP) is 8.02. The lowest BCUT2D eigenvalue weighted by atomic mass is 9.68. The van der Waals surface area contributed by atoms with Gasteiger partial charge in [0.2, 0.25) is 0 Å². The maximum absolute atomic E-state index is 13.5. The van der Waals surface area contributed by atoms with Crippen LogP contribution in [0.5, 0.6) is 0 Å². The van der Waals surface area contributed by atoms with Crippen LogP contribution in [0.2, 0.25) is 0 Å². The van der Waals surface area contributed by atoms with E-state index in [2.05, 4.69) is 0 Å². The van der Waals surface area contributed by atoms with Crippen molar-refractivity contribution in [2.45, 2.75) is 95.8 Å². The van der Waals surface area contributed by atoms with Crippen molar-refractivity contribution < 1.29 is 8.78 Å². The van der Waals surface area contributed by atoms with Gasteiger partial charge in [0.15, 0.2) is 11.6 Å². The summed E-state index contributed by atoms with van der Waals surface area (Å²) < 4.78 is 26.7. The second-order valence-corrected chi connectivity index (χ2v) is 9.79. The SMILES string of the molecule is Fc1ccc([C@H]2CC[C@H]([C@H]3CC[C@H](CCC4CCCC4)CC3)CC2)cc1F. The van der Waals surface area contributed by atoms with Gasteiger partial charge in [0.25, 0.3) is 0 Å². The fraction of sp³-hybridized carbons (Fsp3) is 0.760. The largest absolute Gasteiger partial charge is 0.204 e. The van der Waals surface area contributed by atoms with E-state index < -0.39 is 11.6 Å². The molecule has 0 radical (unpaired) electrons. The second-order valence-electron chi connectivity index (χ2n) is 9.79. The van der Waals surface area contributed by atoms with Gasteiger partial charge in [-0.05, 0) is 85.8 Å². The van der Waals surface area contributed by atoms with Crippen molar-refractivity contribution in [1.82, 2.24) is 0 Å². The van der Waals surface area contributed by atoms with Crippen LogP contribution in [-0.4, -0.2) is 0 Å². The van der Waals surface area contributed by atoms with Crippen LogP contribution in [0.25, 0.3) is 0 Å². The summed E-state index contributed by atoms with van der Waals surface area (Å²) in [5.74, 6) is 2.87. The lowest BCUT2D eigenvalue weighted by molar-refractivity contribution is 0.153. The normalized spacial score (nSPS) is 32.7. The van der Waals surface area contributed by atoms with Crippen LogP contribution < -0.4 is 0 Å². The van der Waals surface area contributed by atoms with E-state index in [0.717, 1.165) is 42.1 Å². The van der Waals surface area contributed by atoms with E-state index in [9.17, 15) is 8.78 Å². The van der Waals surface area contributed by atoms with Gasteiger partial charge in [-0.15, -0.1) is 0 Å². The zero-order valence-corrected chi connectivity index (χ0v) is 16.8. The average Bonchev–Trinajstić information content (AvgIpc) is 3.23. The predicted molar refractivity (Wildman–Crippen MR) is 108 cm³/mol. The third-order valence-electron chi connectivity index (χ3n) is 8.20. The summed E-state index contributed by atoms with van der Waals surface area (Å²) in [5, 5.41) is 0. The third kappa shape index (κ3) is 4.93. The molecule has 0 bridgehead atoms. The van der Waals surface area contributed by atoms with Gasteiger partial charge < -0.3 is 0 Å². The van der Waals surface area contributed by atoms with Gasteiger partial charge in [-0.3, -0.25) is 0 Å². The number of rotatable bonds is 5. The van der Waals surface area contributed by atoms with Crippen molar-refractivity contribution in [3.05, 3.63) is 35.4 Å². The molecule has 1 aromatic carbocycles. The highest BCUT2D eigenvalue weighted by molar-refractivity contribution is 5.22. The van der Waals surface area contributed by atoms with E-state index in [4.69, 9.17) is 0 Å². The fourth-order valence-corrected chi connectivity index (χ4v) is 6.41. The van der Waals surface area contributed by atoms with Gasteiger partial charge in [0.1, 0.15) is 0 Å². The first-order valence-electron chi connectivity index (χ1n) is 11.6. The van der Waals surface area contributed by atoms with Crippen LogP contribution in [0.4, 0.5) is 8.78 Å². The summed E-state index contributed by atoms with van der Waals surface area (Å²) in [6, 6.07) is 4.51. The Balaban J connectivity index is 1.19. The Hall–Kier alpha value is -0.920. The lowest BCUT2D eigenvalue weighted by Gasteiger charge is -2.38. The Morgan fingerprint density at radius 2 is 1.19 bits per heavy atom. The number of halogens is 2. The van der Waals surface area contributed by atoms with E-state index in [-0.39, 0.29) is 0 Å². The molecule has 0 atom stereocenters. The van der Waals surface area contributed by atoms with E-state index in [1.54, 1.807) is 6.07 Å². The topological polar surface area (TPSA) is 0 Å². The Morgan fingerprint density at radius 1 is 0.630 bits per heavy atom. The van der Waals surface area contributed by atoms with Gasteiger partial charge >= 0.3 is 0 Å². The van der Waals surface area contributed by atoms with Gasteiger partial charge in [0.05, 0.1) is 0 Å². The Bertz CT molecular complexity index is 588. The Labute approximate surface area is 164 Å². The minimum absolute atomic E-state index is 0.430. The van der Waals surface area contributed by atoms with Crippen molar-refractivity contribution in [3.8, 4) is 0 Å². The van der Waals surface area contributed by atoms with E-state index >= 15 is 0 Å². The molecule has 3 fully saturated rings. The highest BCUT2D eigenvalue weighted by atomic mass is 19.2. The smallest absolute Gasteiger partial charge is 0.159 e. The Kier molecular flexibility index (Phi) is 6.50. The molecular formula is C25H36F2. The minimum atomic E-state index is -0.725. The van der Waals surface area contributed by atoms with Crippen molar-refractivity contribution in [3.63, 3.8) is 0 Å². The van der Waals surface area contributed by atoms with E-state index in [1.807, 2.05) is 0 Å². The molecule has 0 unspecified atom stereocenters. The van der Waals surface area contributed by atoms with Crippen LogP contribution in [0.15, 0.2) is 18.2 Å². The first-order chi connectivity index (χ1) is 13.2. The van der Waals surface area contributed by atoms with Crippen molar-refractivity contribution in [2.75, 3.05) is 0 Å². The van der Waals surface area contributed by atoms with Crippen LogP contribution >= 0.6 is 0 Å². The average molecular weight is 375 g/mol. The van der Waals surface area contributed by atoms with Crippen LogP contribution in [0, 0.1) is 35.3 Å². The van der Waals surface area contributed by atoms with Crippen molar-refractivity contribution >= 4 is 0 Å². The summed E-state index contributed by atoms with van der Waals surface area (Å²) in [5.41, 5.74) is 1.00. The monoisotopic (exact) mass is 374 g/mol. The molecule has 3 aliphatic rings. The highest BCUT2D eigenvalue weighted by Crippen LogP contribution is 2.45. The molecule has 27 heavy (non-hydrogen) atoms. The molecule has 0 spiro atoms. The molecule has 150 valence electrons. The fourth-order valence-electron chi connectivity index (χ4n) is 6.41. The molecule has 0 heterocycles. The zero-order valence-electron chi connectivity index (χ0n) is 16.8. The molecule has 0 saturated heterocycles. The maximum atomic E-state index is 13.5. The molecular weight excluding hydrogens is 338 g/mol. The highest BCUT2D eigenvalue weighted by Gasteiger charge is 2.31. The van der Waals surface area contributed by atoms with Crippen LogP contribution in [0.1, 0.15) is 101 Å². The van der Waals surface area contributed by atoms with Gasteiger partial charge in [0, 0.05) is 0 Å². The quantitative estimate of drug-likeness (QED) is 0.489. The molecule has 3 aliphatic carbocycles. The van der Waals surface area contributed by atoms with Gasteiger partial charge in [-0.2, -0.15) is 0 Å². The summed E-state index contributed by atoms with van der Waals surface area (Å²) in [6.07, 6.45) is 19.6. The molecule has 3 saturated carbocycles. The molecule has 4 rings (SSSR count). The van der Waals surface area contributed by atoms with Crippen molar-refractivity contribution in [2.24, 2.45) is 23.7 Å². The molecule has 0 nitrogen and oxygen atoms in total. The van der Waals surface area contributed by atoms with E-state index in [1.165, 1.54) is 89.2 Å². The summed E-state index contributed by atoms with van der Waals surface area (Å²) >= 11 is 0. The first-order valence-corrected chi connectivity index (χ1v) is 11.6. The van der Waals surface area contributed by atoms with Crippen LogP contribution in [-0.2, 0) is 0 Å². The molecule has 0 N–H and O–H groups in total. The number of benzene rings is 1. The number of hydrogen-bond donors (Lipinski definition) is 0. The van der Waals surface area contributed by atoms with Gasteiger partial charge in [-0.1, -0.05) is 57.4 Å². The molecule has 0 aliphatic heterocycles. The van der Waals surface area contributed by atoms with Gasteiger partial charge in [-0.25, -0.2) is 8.78 Å². The summed E-state index contributed by atoms with van der Waals surface area (Å²) in [7, 11) is 0. The molecule has 1 aromatic rings.